The largest absolute Gasteiger partial charge is 0.379 e. The third-order valence-electron chi connectivity index (χ3n) is 3.55. The summed E-state index contributed by atoms with van der Waals surface area (Å²) in [6.45, 7) is 5.41. The summed E-state index contributed by atoms with van der Waals surface area (Å²) < 4.78 is 5.62. The van der Waals surface area contributed by atoms with Crippen LogP contribution < -0.4 is 5.32 Å². The van der Waals surface area contributed by atoms with Crippen LogP contribution in [0.25, 0.3) is 0 Å². The molecule has 16 heavy (non-hydrogen) atoms. The maximum Gasteiger partial charge on any atom is 0.0771 e. The van der Waals surface area contributed by atoms with Gasteiger partial charge in [-0.25, -0.2) is 0 Å². The van der Waals surface area contributed by atoms with Crippen molar-refractivity contribution in [1.82, 2.24) is 5.32 Å². The van der Waals surface area contributed by atoms with Gasteiger partial charge >= 0.3 is 0 Å². The van der Waals surface area contributed by atoms with Crippen molar-refractivity contribution in [3.63, 3.8) is 0 Å². The van der Waals surface area contributed by atoms with Gasteiger partial charge in [0.25, 0.3) is 0 Å². The minimum absolute atomic E-state index is 0.296. The van der Waals surface area contributed by atoms with E-state index in [0.29, 0.717) is 18.1 Å². The van der Waals surface area contributed by atoms with Crippen molar-refractivity contribution in [2.75, 3.05) is 13.7 Å². The molecule has 2 heteroatoms. The zero-order valence-corrected chi connectivity index (χ0v) is 10.4. The molecule has 3 unspecified atom stereocenters. The van der Waals surface area contributed by atoms with E-state index in [1.807, 2.05) is 7.11 Å². The second-order valence-corrected chi connectivity index (χ2v) is 4.58. The highest BCUT2D eigenvalue weighted by molar-refractivity contribution is 5.36. The van der Waals surface area contributed by atoms with Gasteiger partial charge in [0, 0.05) is 7.11 Å². The van der Waals surface area contributed by atoms with Crippen molar-refractivity contribution in [2.45, 2.75) is 38.3 Å². The lowest BCUT2D eigenvalue weighted by Gasteiger charge is -2.36. The molecule has 3 atom stereocenters. The van der Waals surface area contributed by atoms with Gasteiger partial charge in [-0.15, -0.1) is 0 Å². The highest BCUT2D eigenvalue weighted by atomic mass is 16.5. The maximum atomic E-state index is 5.62. The van der Waals surface area contributed by atoms with Crippen LogP contribution in [0, 0.1) is 0 Å². The summed E-state index contributed by atoms with van der Waals surface area (Å²) in [5.74, 6) is 0.594. The van der Waals surface area contributed by atoms with Crippen LogP contribution in [-0.2, 0) is 4.74 Å². The lowest BCUT2D eigenvalue weighted by molar-refractivity contribution is 0.0500. The Labute approximate surface area is 98.0 Å². The quantitative estimate of drug-likeness (QED) is 0.844. The monoisotopic (exact) mass is 219 g/mol. The number of rotatable bonds is 3. The molecule has 1 aliphatic carbocycles. The standard InChI is InChI=1S/C14H21NO/c1-4-15-14-12-8-6-5-7-11(12)10(2)9-13(14)16-3/h5-8,10,13-15H,4,9H2,1-3H3. The molecule has 0 radical (unpaired) electrons. The first-order valence-corrected chi connectivity index (χ1v) is 6.13. The normalized spacial score (nSPS) is 28.8. The van der Waals surface area contributed by atoms with Crippen LogP contribution in [0.4, 0.5) is 0 Å². The van der Waals surface area contributed by atoms with E-state index >= 15 is 0 Å². The number of benzene rings is 1. The first-order valence-electron chi connectivity index (χ1n) is 6.13. The molecule has 0 bridgehead atoms. The topological polar surface area (TPSA) is 21.3 Å². The van der Waals surface area contributed by atoms with E-state index < -0.39 is 0 Å². The van der Waals surface area contributed by atoms with Crippen LogP contribution in [0.3, 0.4) is 0 Å². The van der Waals surface area contributed by atoms with Crippen molar-refractivity contribution >= 4 is 0 Å². The van der Waals surface area contributed by atoms with Gasteiger partial charge in [-0.1, -0.05) is 38.1 Å². The molecular formula is C14H21NO. The van der Waals surface area contributed by atoms with Gasteiger partial charge in [-0.05, 0) is 30.0 Å². The fourth-order valence-electron chi connectivity index (χ4n) is 2.75. The summed E-state index contributed by atoms with van der Waals surface area (Å²) in [5.41, 5.74) is 2.89. The summed E-state index contributed by atoms with van der Waals surface area (Å²) in [5, 5.41) is 3.54. The number of methoxy groups -OCH3 is 1. The molecule has 0 amide bonds. The van der Waals surface area contributed by atoms with Crippen molar-refractivity contribution in [1.29, 1.82) is 0 Å². The number of nitrogens with one attached hydrogen (secondary N) is 1. The Bertz CT molecular complexity index is 350. The highest BCUT2D eigenvalue weighted by Crippen LogP contribution is 2.38. The summed E-state index contributed by atoms with van der Waals surface area (Å²) in [4.78, 5) is 0. The highest BCUT2D eigenvalue weighted by Gasteiger charge is 2.32. The van der Waals surface area contributed by atoms with E-state index in [1.54, 1.807) is 0 Å². The predicted molar refractivity (Wildman–Crippen MR) is 66.7 cm³/mol. The lowest BCUT2D eigenvalue weighted by Crippen LogP contribution is -2.38. The van der Waals surface area contributed by atoms with Crippen LogP contribution in [0.1, 0.15) is 43.4 Å². The average Bonchev–Trinajstić information content (AvgIpc) is 2.33. The summed E-state index contributed by atoms with van der Waals surface area (Å²) in [6, 6.07) is 9.07. The third-order valence-corrected chi connectivity index (χ3v) is 3.55. The Hall–Kier alpha value is -0.860. The molecule has 0 heterocycles. The third kappa shape index (κ3) is 2.00. The van der Waals surface area contributed by atoms with Crippen molar-refractivity contribution in [2.24, 2.45) is 0 Å². The first-order chi connectivity index (χ1) is 7.77. The van der Waals surface area contributed by atoms with Gasteiger partial charge in [-0.2, -0.15) is 0 Å². The second-order valence-electron chi connectivity index (χ2n) is 4.58. The van der Waals surface area contributed by atoms with Gasteiger partial charge in [0.05, 0.1) is 12.1 Å². The number of likely N-dealkylation sites (N-methyl/N-ethyl adjacent to an activating group) is 1. The molecule has 2 rings (SSSR count). The van der Waals surface area contributed by atoms with Crippen LogP contribution >= 0.6 is 0 Å². The Morgan fingerprint density at radius 3 is 2.62 bits per heavy atom. The second kappa shape index (κ2) is 4.98. The molecule has 1 N–H and O–H groups in total. The molecule has 1 aromatic carbocycles. The average molecular weight is 219 g/mol. The van der Waals surface area contributed by atoms with Crippen molar-refractivity contribution < 1.29 is 4.74 Å². The molecule has 0 spiro atoms. The fraction of sp³-hybridized carbons (Fsp3) is 0.571. The zero-order chi connectivity index (χ0) is 11.5. The summed E-state index contributed by atoms with van der Waals surface area (Å²) in [7, 11) is 1.82. The number of ether oxygens (including phenoxy) is 1. The van der Waals surface area contributed by atoms with E-state index in [0.717, 1.165) is 13.0 Å². The molecule has 1 aliphatic rings. The molecule has 0 saturated heterocycles. The van der Waals surface area contributed by atoms with Gasteiger partial charge < -0.3 is 10.1 Å². The maximum absolute atomic E-state index is 5.62. The summed E-state index contributed by atoms with van der Waals surface area (Å²) in [6.07, 6.45) is 1.40. The molecular weight excluding hydrogens is 198 g/mol. The Balaban J connectivity index is 2.37. The molecule has 2 nitrogen and oxygen atoms in total. The zero-order valence-electron chi connectivity index (χ0n) is 10.4. The van der Waals surface area contributed by atoms with Crippen LogP contribution in [0.2, 0.25) is 0 Å². The van der Waals surface area contributed by atoms with E-state index in [4.69, 9.17) is 4.74 Å². The van der Waals surface area contributed by atoms with Crippen LogP contribution in [-0.4, -0.2) is 19.8 Å². The number of fused-ring (bicyclic) bond motifs is 1. The number of hydrogen-bond donors (Lipinski definition) is 1. The molecule has 0 aromatic heterocycles. The van der Waals surface area contributed by atoms with Crippen molar-refractivity contribution in [3.8, 4) is 0 Å². The van der Waals surface area contributed by atoms with Gasteiger partial charge in [-0.3, -0.25) is 0 Å². The fourth-order valence-corrected chi connectivity index (χ4v) is 2.75. The van der Waals surface area contributed by atoms with Crippen molar-refractivity contribution in [3.05, 3.63) is 35.4 Å². The minimum Gasteiger partial charge on any atom is -0.379 e. The van der Waals surface area contributed by atoms with E-state index in [9.17, 15) is 0 Å². The molecule has 88 valence electrons. The predicted octanol–water partition coefficient (Wildman–Crippen LogP) is 2.86. The molecule has 0 aliphatic heterocycles. The van der Waals surface area contributed by atoms with Gasteiger partial charge in [0.1, 0.15) is 0 Å². The van der Waals surface area contributed by atoms with E-state index in [1.165, 1.54) is 11.1 Å². The Kier molecular flexibility index (Phi) is 3.62. The van der Waals surface area contributed by atoms with Crippen LogP contribution in [0.15, 0.2) is 24.3 Å². The molecule has 0 fully saturated rings. The smallest absolute Gasteiger partial charge is 0.0771 e. The SMILES string of the molecule is CCNC1c2ccccc2C(C)CC1OC. The van der Waals surface area contributed by atoms with Gasteiger partial charge in [0.2, 0.25) is 0 Å². The summed E-state index contributed by atoms with van der Waals surface area (Å²) >= 11 is 0. The lowest BCUT2D eigenvalue weighted by atomic mass is 9.79. The van der Waals surface area contributed by atoms with E-state index in [-0.39, 0.29) is 0 Å². The molecule has 1 aromatic rings. The minimum atomic E-state index is 0.296. The van der Waals surface area contributed by atoms with Crippen LogP contribution in [0.5, 0.6) is 0 Å². The number of hydrogen-bond acceptors (Lipinski definition) is 2. The molecule has 0 saturated carbocycles. The Morgan fingerprint density at radius 2 is 2.00 bits per heavy atom. The van der Waals surface area contributed by atoms with Gasteiger partial charge in [0.15, 0.2) is 0 Å². The van der Waals surface area contributed by atoms with E-state index in [2.05, 4.69) is 43.4 Å². The Morgan fingerprint density at radius 1 is 1.31 bits per heavy atom. The first kappa shape index (κ1) is 11.6.